The summed E-state index contributed by atoms with van der Waals surface area (Å²) < 4.78 is 1.15. The predicted octanol–water partition coefficient (Wildman–Crippen LogP) is 3.77. The summed E-state index contributed by atoms with van der Waals surface area (Å²) in [5, 5.41) is 6.68. The van der Waals surface area contributed by atoms with Crippen LogP contribution in [0.3, 0.4) is 0 Å². The van der Waals surface area contributed by atoms with Crippen LogP contribution in [0.25, 0.3) is 10.2 Å². The maximum atomic E-state index is 11.7. The van der Waals surface area contributed by atoms with Crippen LogP contribution in [0.2, 0.25) is 0 Å². The summed E-state index contributed by atoms with van der Waals surface area (Å²) in [7, 11) is 0. The van der Waals surface area contributed by atoms with E-state index in [1.807, 2.05) is 20.8 Å². The highest BCUT2D eigenvalue weighted by atomic mass is 32.1. The number of thiocarbonyl (C=S) groups is 1. The van der Waals surface area contributed by atoms with E-state index in [-0.39, 0.29) is 5.91 Å². The molecule has 0 aliphatic carbocycles. The zero-order valence-electron chi connectivity index (χ0n) is 12.6. The van der Waals surface area contributed by atoms with Gasteiger partial charge in [-0.1, -0.05) is 37.3 Å². The van der Waals surface area contributed by atoms with E-state index in [2.05, 4.69) is 34.7 Å². The number of anilines is 1. The molecule has 0 unspecified atom stereocenters. The average Bonchev–Trinajstić information content (AvgIpc) is 2.77. The molecule has 0 saturated heterocycles. The molecule has 1 amide bonds. The number of amides is 1. The average molecular weight is 321 g/mol. The topological polar surface area (TPSA) is 54.0 Å². The summed E-state index contributed by atoms with van der Waals surface area (Å²) in [6.45, 7) is 8.09. The van der Waals surface area contributed by atoms with Gasteiger partial charge in [0, 0.05) is 6.42 Å². The summed E-state index contributed by atoms with van der Waals surface area (Å²) in [6, 6.07) is 4.15. The van der Waals surface area contributed by atoms with E-state index in [4.69, 9.17) is 12.2 Å². The minimum Gasteiger partial charge on any atom is -0.308 e. The molecule has 2 N–H and O–H groups in total. The van der Waals surface area contributed by atoms with E-state index < -0.39 is 0 Å². The van der Waals surface area contributed by atoms with Gasteiger partial charge < -0.3 is 10.6 Å². The summed E-state index contributed by atoms with van der Waals surface area (Å²) in [6.07, 6.45) is 0.458. The molecule has 4 nitrogen and oxygen atoms in total. The van der Waals surface area contributed by atoms with Gasteiger partial charge in [-0.25, -0.2) is 4.98 Å². The van der Waals surface area contributed by atoms with Crippen molar-refractivity contribution in [1.29, 1.82) is 0 Å². The van der Waals surface area contributed by atoms with E-state index in [0.29, 0.717) is 22.6 Å². The van der Waals surface area contributed by atoms with Gasteiger partial charge in [-0.15, -0.1) is 0 Å². The number of nitrogens with one attached hydrogen (secondary N) is 2. The zero-order valence-corrected chi connectivity index (χ0v) is 14.2. The number of benzene rings is 1. The van der Waals surface area contributed by atoms with Gasteiger partial charge in [0.15, 0.2) is 10.2 Å². The van der Waals surface area contributed by atoms with E-state index in [9.17, 15) is 4.79 Å². The molecule has 1 aromatic carbocycles. The number of fused-ring (bicyclic) bond motifs is 1. The summed E-state index contributed by atoms with van der Waals surface area (Å²) >= 11 is 6.71. The number of carbonyl (C=O) groups is 1. The highest BCUT2D eigenvalue weighted by Gasteiger charge is 2.11. The number of aryl methyl sites for hydroxylation is 2. The number of hydrogen-bond donors (Lipinski definition) is 2. The van der Waals surface area contributed by atoms with Crippen molar-refractivity contribution >= 4 is 49.9 Å². The van der Waals surface area contributed by atoms with Crippen molar-refractivity contribution in [2.24, 2.45) is 5.92 Å². The number of hydrogen-bond acceptors (Lipinski definition) is 4. The highest BCUT2D eigenvalue weighted by molar-refractivity contribution is 7.80. The van der Waals surface area contributed by atoms with Crippen LogP contribution in [0.15, 0.2) is 12.1 Å². The van der Waals surface area contributed by atoms with Crippen molar-refractivity contribution in [1.82, 2.24) is 10.3 Å². The maximum absolute atomic E-state index is 11.7. The second kappa shape index (κ2) is 6.49. The van der Waals surface area contributed by atoms with Crippen LogP contribution in [0, 0.1) is 19.8 Å². The van der Waals surface area contributed by atoms with Gasteiger partial charge in [0.05, 0.1) is 10.2 Å². The van der Waals surface area contributed by atoms with Crippen molar-refractivity contribution in [3.8, 4) is 0 Å². The van der Waals surface area contributed by atoms with Gasteiger partial charge in [-0.3, -0.25) is 4.79 Å². The Morgan fingerprint density at radius 1 is 1.33 bits per heavy atom. The van der Waals surface area contributed by atoms with Crippen molar-refractivity contribution in [2.75, 3.05) is 5.32 Å². The van der Waals surface area contributed by atoms with Crippen molar-refractivity contribution in [2.45, 2.75) is 34.1 Å². The molecule has 0 fully saturated rings. The van der Waals surface area contributed by atoms with Crippen molar-refractivity contribution in [3.63, 3.8) is 0 Å². The van der Waals surface area contributed by atoms with E-state index >= 15 is 0 Å². The monoisotopic (exact) mass is 321 g/mol. The van der Waals surface area contributed by atoms with E-state index in [0.717, 1.165) is 15.8 Å². The van der Waals surface area contributed by atoms with Crippen molar-refractivity contribution < 1.29 is 4.79 Å². The molecule has 2 aromatic rings. The molecule has 112 valence electrons. The second-order valence-electron chi connectivity index (χ2n) is 5.50. The van der Waals surface area contributed by atoms with Gasteiger partial charge in [0.1, 0.15) is 0 Å². The number of nitrogens with zero attached hydrogens (tertiary/aromatic N) is 1. The van der Waals surface area contributed by atoms with E-state index in [1.165, 1.54) is 5.56 Å². The Morgan fingerprint density at radius 3 is 2.62 bits per heavy atom. The Hall–Kier alpha value is -1.53. The molecular formula is C15H19N3OS2. The van der Waals surface area contributed by atoms with Gasteiger partial charge >= 0.3 is 0 Å². The first-order valence-electron chi connectivity index (χ1n) is 6.84. The molecule has 0 aliphatic heterocycles. The molecule has 21 heavy (non-hydrogen) atoms. The molecule has 1 heterocycles. The molecule has 0 spiro atoms. The lowest BCUT2D eigenvalue weighted by Gasteiger charge is -2.08. The first kappa shape index (κ1) is 15.9. The zero-order chi connectivity index (χ0) is 15.6. The number of aromatic nitrogens is 1. The minimum absolute atomic E-state index is 0.0732. The van der Waals surface area contributed by atoms with Crippen LogP contribution in [-0.4, -0.2) is 16.0 Å². The number of thiazole rings is 1. The van der Waals surface area contributed by atoms with E-state index in [1.54, 1.807) is 11.3 Å². The predicted molar refractivity (Wildman–Crippen MR) is 92.9 cm³/mol. The summed E-state index contributed by atoms with van der Waals surface area (Å²) in [5.74, 6) is 0.233. The smallest absolute Gasteiger partial charge is 0.226 e. The normalized spacial score (nSPS) is 10.9. The highest BCUT2D eigenvalue weighted by Crippen LogP contribution is 2.30. The Morgan fingerprint density at radius 2 is 2.00 bits per heavy atom. The molecule has 1 aromatic heterocycles. The lowest BCUT2D eigenvalue weighted by molar-refractivity contribution is -0.120. The van der Waals surface area contributed by atoms with Crippen LogP contribution < -0.4 is 10.6 Å². The standard InChI is InChI=1S/C15H19N3OS2/c1-8(2)7-11(19)16-14(20)18-15-17-12-9(3)5-6-10(4)13(12)21-15/h5-6,8H,7H2,1-4H3,(H2,16,17,18,19,20). The molecule has 0 aliphatic rings. The van der Waals surface area contributed by atoms with Crippen LogP contribution in [-0.2, 0) is 4.79 Å². The number of carbonyl (C=O) groups excluding carboxylic acids is 1. The van der Waals surface area contributed by atoms with Crippen molar-refractivity contribution in [3.05, 3.63) is 23.3 Å². The first-order valence-corrected chi connectivity index (χ1v) is 8.07. The van der Waals surface area contributed by atoms with Crippen LogP contribution >= 0.6 is 23.6 Å². The molecule has 0 saturated carbocycles. The minimum atomic E-state index is -0.0732. The molecular weight excluding hydrogens is 302 g/mol. The largest absolute Gasteiger partial charge is 0.308 e. The fraction of sp³-hybridized carbons (Fsp3) is 0.400. The van der Waals surface area contributed by atoms with Gasteiger partial charge in [0.25, 0.3) is 0 Å². The second-order valence-corrected chi connectivity index (χ2v) is 6.90. The Labute approximate surface area is 134 Å². The Balaban J connectivity index is 2.10. The van der Waals surface area contributed by atoms with Crippen LogP contribution in [0.1, 0.15) is 31.4 Å². The maximum Gasteiger partial charge on any atom is 0.226 e. The third-order valence-corrected chi connectivity index (χ3v) is 4.32. The van der Waals surface area contributed by atoms with Crippen LogP contribution in [0.4, 0.5) is 5.13 Å². The lowest BCUT2D eigenvalue weighted by Crippen LogP contribution is -2.34. The van der Waals surface area contributed by atoms with Crippen LogP contribution in [0.5, 0.6) is 0 Å². The number of rotatable bonds is 3. The molecule has 0 atom stereocenters. The third kappa shape index (κ3) is 3.98. The fourth-order valence-electron chi connectivity index (χ4n) is 1.99. The molecule has 0 radical (unpaired) electrons. The third-order valence-electron chi connectivity index (χ3n) is 3.01. The van der Waals surface area contributed by atoms with Gasteiger partial charge in [-0.2, -0.15) is 0 Å². The van der Waals surface area contributed by atoms with Gasteiger partial charge in [0.2, 0.25) is 5.91 Å². The first-order chi connectivity index (χ1) is 9.86. The quantitative estimate of drug-likeness (QED) is 0.845. The lowest BCUT2D eigenvalue weighted by atomic mass is 10.1. The molecule has 0 bridgehead atoms. The Kier molecular flexibility index (Phi) is 4.90. The summed E-state index contributed by atoms with van der Waals surface area (Å²) in [4.78, 5) is 16.2. The van der Waals surface area contributed by atoms with Gasteiger partial charge in [-0.05, 0) is 43.1 Å². The Bertz CT molecular complexity index is 653. The SMILES string of the molecule is Cc1ccc(C)c2sc(NC(=S)NC(=O)CC(C)C)nc12. The molecule has 2 rings (SSSR count). The summed E-state index contributed by atoms with van der Waals surface area (Å²) in [5.41, 5.74) is 3.31. The molecule has 6 heteroatoms. The fourth-order valence-corrected chi connectivity index (χ4v) is 3.28.